The quantitative estimate of drug-likeness (QED) is 0.839. The molecule has 0 saturated carbocycles. The average Bonchev–Trinajstić information content (AvgIpc) is 2.46. The summed E-state index contributed by atoms with van der Waals surface area (Å²) in [5.41, 5.74) is 4.62. The van der Waals surface area contributed by atoms with E-state index >= 15 is 0 Å². The lowest BCUT2D eigenvalue weighted by atomic mass is 10.0. The first kappa shape index (κ1) is 17.3. The fourth-order valence-corrected chi connectivity index (χ4v) is 2.69. The minimum absolute atomic E-state index is 0.0211. The molecule has 2 N–H and O–H groups in total. The molecule has 23 heavy (non-hydrogen) atoms. The van der Waals surface area contributed by atoms with E-state index in [2.05, 4.69) is 10.6 Å². The van der Waals surface area contributed by atoms with Gasteiger partial charge in [-0.2, -0.15) is 0 Å². The van der Waals surface area contributed by atoms with Crippen molar-refractivity contribution in [1.29, 1.82) is 0 Å². The number of rotatable bonds is 4. The summed E-state index contributed by atoms with van der Waals surface area (Å²) in [4.78, 5) is 12.4. The van der Waals surface area contributed by atoms with Crippen LogP contribution in [0.15, 0.2) is 30.3 Å². The van der Waals surface area contributed by atoms with E-state index in [1.54, 1.807) is 13.0 Å². The van der Waals surface area contributed by atoms with Gasteiger partial charge in [-0.05, 0) is 57.0 Å². The van der Waals surface area contributed by atoms with Crippen molar-refractivity contribution in [2.24, 2.45) is 0 Å². The van der Waals surface area contributed by atoms with Crippen LogP contribution in [0.4, 0.5) is 15.8 Å². The van der Waals surface area contributed by atoms with E-state index in [0.29, 0.717) is 5.69 Å². The molecule has 0 unspecified atom stereocenters. The summed E-state index contributed by atoms with van der Waals surface area (Å²) >= 11 is 5.75. The molecule has 0 aromatic heterocycles. The maximum absolute atomic E-state index is 13.2. The van der Waals surface area contributed by atoms with Gasteiger partial charge in [0.25, 0.3) is 0 Å². The highest BCUT2D eigenvalue weighted by Gasteiger charge is 2.15. The summed E-state index contributed by atoms with van der Waals surface area (Å²) in [6, 6.07) is 7.84. The number of anilines is 2. The smallest absolute Gasteiger partial charge is 0.246 e. The third kappa shape index (κ3) is 4.23. The predicted octanol–water partition coefficient (Wildman–Crippen LogP) is 4.84. The summed E-state index contributed by atoms with van der Waals surface area (Å²) in [7, 11) is 0. The topological polar surface area (TPSA) is 41.1 Å². The van der Waals surface area contributed by atoms with Gasteiger partial charge in [0.15, 0.2) is 0 Å². The molecule has 0 fully saturated rings. The highest BCUT2D eigenvalue weighted by atomic mass is 35.5. The maximum Gasteiger partial charge on any atom is 0.246 e. The molecule has 122 valence electrons. The first-order chi connectivity index (χ1) is 10.8. The molecule has 2 aromatic rings. The minimum atomic E-state index is -0.489. The second-order valence-corrected chi connectivity index (χ2v) is 6.17. The molecule has 1 amide bonds. The van der Waals surface area contributed by atoms with E-state index in [1.165, 1.54) is 12.1 Å². The van der Waals surface area contributed by atoms with Gasteiger partial charge in [0, 0.05) is 11.4 Å². The minimum Gasteiger partial charge on any atom is -0.374 e. The molecule has 0 bridgehead atoms. The molecule has 3 nitrogen and oxygen atoms in total. The molecule has 2 aromatic carbocycles. The van der Waals surface area contributed by atoms with E-state index in [9.17, 15) is 9.18 Å². The zero-order chi connectivity index (χ0) is 17.1. The zero-order valence-electron chi connectivity index (χ0n) is 13.6. The van der Waals surface area contributed by atoms with E-state index in [0.717, 1.165) is 22.4 Å². The van der Waals surface area contributed by atoms with Crippen LogP contribution in [0.5, 0.6) is 0 Å². The Morgan fingerprint density at radius 3 is 2.30 bits per heavy atom. The fraction of sp³-hybridized carbons (Fsp3) is 0.278. The zero-order valence-corrected chi connectivity index (χ0v) is 14.4. The van der Waals surface area contributed by atoms with Crippen molar-refractivity contribution in [2.45, 2.75) is 33.7 Å². The lowest BCUT2D eigenvalue weighted by molar-refractivity contribution is -0.116. The number of amides is 1. The third-order valence-electron chi connectivity index (χ3n) is 3.62. The monoisotopic (exact) mass is 334 g/mol. The van der Waals surface area contributed by atoms with Crippen LogP contribution in [0.2, 0.25) is 5.02 Å². The molecule has 0 aliphatic carbocycles. The average molecular weight is 335 g/mol. The van der Waals surface area contributed by atoms with Gasteiger partial charge in [-0.15, -0.1) is 0 Å². The van der Waals surface area contributed by atoms with Crippen molar-refractivity contribution >= 4 is 28.9 Å². The highest BCUT2D eigenvalue weighted by Crippen LogP contribution is 2.23. The van der Waals surface area contributed by atoms with Gasteiger partial charge in [-0.3, -0.25) is 4.79 Å². The summed E-state index contributed by atoms with van der Waals surface area (Å²) in [6.07, 6.45) is 0. The Balaban J connectivity index is 2.10. The van der Waals surface area contributed by atoms with Crippen LogP contribution >= 0.6 is 11.6 Å². The molecule has 0 aliphatic rings. The SMILES string of the molecule is Cc1cc(C)c(NC(=O)[C@H](C)Nc2ccc(F)c(Cl)c2)c(C)c1. The maximum atomic E-state index is 13.2. The molecule has 0 aliphatic heterocycles. The standard InChI is InChI=1S/C18H20ClFN2O/c1-10-7-11(2)17(12(3)8-10)22-18(23)13(4)21-14-5-6-16(20)15(19)9-14/h5-9,13,21H,1-4H3,(H,22,23)/t13-/m0/s1. The Hall–Kier alpha value is -2.07. The number of hydrogen-bond donors (Lipinski definition) is 2. The van der Waals surface area contributed by atoms with Crippen molar-refractivity contribution in [1.82, 2.24) is 0 Å². The number of carbonyl (C=O) groups excluding carboxylic acids is 1. The van der Waals surface area contributed by atoms with E-state index in [1.807, 2.05) is 32.9 Å². The van der Waals surface area contributed by atoms with Crippen LogP contribution in [0.1, 0.15) is 23.6 Å². The number of benzene rings is 2. The number of halogens is 2. The molecule has 0 heterocycles. The number of hydrogen-bond acceptors (Lipinski definition) is 2. The number of aryl methyl sites for hydroxylation is 3. The van der Waals surface area contributed by atoms with Crippen LogP contribution < -0.4 is 10.6 Å². The molecule has 1 atom stereocenters. The van der Waals surface area contributed by atoms with Gasteiger partial charge in [-0.25, -0.2) is 4.39 Å². The van der Waals surface area contributed by atoms with Crippen LogP contribution in [0.3, 0.4) is 0 Å². The van der Waals surface area contributed by atoms with E-state index < -0.39 is 11.9 Å². The number of carbonyl (C=O) groups is 1. The Labute approximate surface area is 140 Å². The van der Waals surface area contributed by atoms with Crippen molar-refractivity contribution in [3.05, 3.63) is 57.9 Å². The van der Waals surface area contributed by atoms with Crippen LogP contribution in [-0.2, 0) is 4.79 Å². The summed E-state index contributed by atoms with van der Waals surface area (Å²) in [5.74, 6) is -0.652. The Bertz CT molecular complexity index is 723. The highest BCUT2D eigenvalue weighted by molar-refractivity contribution is 6.31. The Kier molecular flexibility index (Phi) is 5.26. The van der Waals surface area contributed by atoms with Gasteiger partial charge in [-0.1, -0.05) is 29.3 Å². The summed E-state index contributed by atoms with van der Waals surface area (Å²) in [5, 5.41) is 5.98. The van der Waals surface area contributed by atoms with Gasteiger partial charge in [0.2, 0.25) is 5.91 Å². The van der Waals surface area contributed by atoms with Crippen LogP contribution in [0, 0.1) is 26.6 Å². The van der Waals surface area contributed by atoms with Crippen LogP contribution in [0.25, 0.3) is 0 Å². The summed E-state index contributed by atoms with van der Waals surface area (Å²) < 4.78 is 13.2. The molecule has 2 rings (SSSR count). The van der Waals surface area contributed by atoms with E-state index in [-0.39, 0.29) is 10.9 Å². The second-order valence-electron chi connectivity index (χ2n) is 5.76. The first-order valence-electron chi connectivity index (χ1n) is 7.38. The predicted molar refractivity (Wildman–Crippen MR) is 93.8 cm³/mol. The molecular formula is C18H20ClFN2O. The Morgan fingerprint density at radius 1 is 1.13 bits per heavy atom. The van der Waals surface area contributed by atoms with Crippen molar-refractivity contribution < 1.29 is 9.18 Å². The van der Waals surface area contributed by atoms with Gasteiger partial charge in [0.05, 0.1) is 5.02 Å². The largest absolute Gasteiger partial charge is 0.374 e. The Morgan fingerprint density at radius 2 is 1.74 bits per heavy atom. The van der Waals surface area contributed by atoms with Crippen molar-refractivity contribution in [3.8, 4) is 0 Å². The van der Waals surface area contributed by atoms with Crippen molar-refractivity contribution in [2.75, 3.05) is 10.6 Å². The molecule has 0 saturated heterocycles. The van der Waals surface area contributed by atoms with Crippen LogP contribution in [-0.4, -0.2) is 11.9 Å². The van der Waals surface area contributed by atoms with Gasteiger partial charge < -0.3 is 10.6 Å². The molecule has 5 heteroatoms. The van der Waals surface area contributed by atoms with Crippen molar-refractivity contribution in [3.63, 3.8) is 0 Å². The molecule has 0 radical (unpaired) electrons. The van der Waals surface area contributed by atoms with Gasteiger partial charge >= 0.3 is 0 Å². The number of nitrogens with one attached hydrogen (secondary N) is 2. The third-order valence-corrected chi connectivity index (χ3v) is 3.91. The second kappa shape index (κ2) is 7.01. The van der Waals surface area contributed by atoms with Gasteiger partial charge in [0.1, 0.15) is 11.9 Å². The normalized spacial score (nSPS) is 11.9. The lowest BCUT2D eigenvalue weighted by Crippen LogP contribution is -2.32. The molecule has 0 spiro atoms. The fourth-order valence-electron chi connectivity index (χ4n) is 2.51. The first-order valence-corrected chi connectivity index (χ1v) is 7.76. The molecular weight excluding hydrogens is 315 g/mol. The lowest BCUT2D eigenvalue weighted by Gasteiger charge is -2.18. The van der Waals surface area contributed by atoms with E-state index in [4.69, 9.17) is 11.6 Å². The summed E-state index contributed by atoms with van der Waals surface area (Å²) in [6.45, 7) is 7.69.